The first-order valence-electron chi connectivity index (χ1n) is 42.4. The number of methoxy groups -OCH3 is 1. The van der Waals surface area contributed by atoms with E-state index in [0.717, 1.165) is 43.3 Å². The van der Waals surface area contributed by atoms with Gasteiger partial charge in [0, 0.05) is 89.5 Å². The van der Waals surface area contributed by atoms with Crippen LogP contribution in [0.2, 0.25) is 0 Å². The molecule has 1 aromatic carbocycles. The molecule has 11 aliphatic rings. The van der Waals surface area contributed by atoms with Crippen molar-refractivity contribution in [1.29, 1.82) is 0 Å². The molecule has 11 aliphatic heterocycles. The van der Waals surface area contributed by atoms with Crippen molar-refractivity contribution in [3.8, 4) is 0 Å². The summed E-state index contributed by atoms with van der Waals surface area (Å²) in [5.74, 6) is -5.48. The number of ether oxygens (including phenoxy) is 16. The largest absolute Gasteiger partial charge is 0.461 e. The summed E-state index contributed by atoms with van der Waals surface area (Å²) < 4.78 is 102. The van der Waals surface area contributed by atoms with Crippen molar-refractivity contribution in [1.82, 2.24) is 36.0 Å². The second-order valence-corrected chi connectivity index (χ2v) is 33.0. The molecule has 0 saturated carbocycles. The third-order valence-electron chi connectivity index (χ3n) is 23.8. The summed E-state index contributed by atoms with van der Waals surface area (Å²) in [5.41, 5.74) is 8.94. The van der Waals surface area contributed by atoms with E-state index in [0.29, 0.717) is 93.7 Å². The monoisotopic (exact) mass is 1680 g/mol. The molecule has 12 bridgehead atoms. The lowest BCUT2D eigenvalue weighted by molar-refractivity contribution is -0.292. The van der Waals surface area contributed by atoms with Crippen molar-refractivity contribution >= 4 is 59.0 Å². The molecule has 7 amide bonds. The van der Waals surface area contributed by atoms with Gasteiger partial charge >= 0.3 is 18.0 Å². The zero-order chi connectivity index (χ0) is 84.1. The number of hydrogen-bond donors (Lipinski definition) is 6. The number of ketones is 1. The van der Waals surface area contributed by atoms with Crippen molar-refractivity contribution < 1.29 is 129 Å². The van der Waals surface area contributed by atoms with Gasteiger partial charge in [0.05, 0.1) is 166 Å². The van der Waals surface area contributed by atoms with Gasteiger partial charge < -0.3 is 113 Å². The van der Waals surface area contributed by atoms with Crippen LogP contribution in [0.3, 0.4) is 0 Å². The van der Waals surface area contributed by atoms with Gasteiger partial charge in [0.25, 0.3) is 11.8 Å². The predicted molar refractivity (Wildman–Crippen MR) is 417 cm³/mol. The van der Waals surface area contributed by atoms with Crippen LogP contribution in [0.1, 0.15) is 167 Å². The van der Waals surface area contributed by atoms with E-state index in [9.17, 15) is 48.3 Å². The standard InChI is InChI=1S/C83H121N9O27/c1-48(2)73(88-68(95)22-27-104-30-33-107-35-32-106-29-26-91-45-54(89-90-91)47-109-37-36-108-34-31-105-28-23-72(99)119-92-69(96)18-19-70(92)97)81(101)87-61(8-7-25-85-82(84)102)80(100)86-53-11-9-52(10-12-53)46-110-71(98)20-13-55(93)42-66-74(103-6)60-41-56(94)40-58-15-17-63-75(113-58)79-78-77(115-63)76-67(116-78)44-83(117-76,118-79)24-21-59-39-50(4)62(111-59)16-14-57-38-49(3)51(5)64(112-57)43-65(60)114-66/h9-12,45,48-49,55,57-67,73-79,93H,4-5,7-8,13-44,46-47H2,1-3,6H3,(H,86,100)(H,87,101)(H,88,95)(H3,84,85,102)/t49-,55-,57+,58-,59+,60?,61+,62?,63+,64?,65?,66-,67-,73+,74-,75+,76?,77+,78-,79+,83+/m1/s1. The van der Waals surface area contributed by atoms with Gasteiger partial charge in [0.1, 0.15) is 60.7 Å². The lowest BCUT2D eigenvalue weighted by Crippen LogP contribution is -2.61. The van der Waals surface area contributed by atoms with E-state index in [4.69, 9.17) is 86.4 Å². The average Bonchev–Trinajstić information content (AvgIpc) is 1.55. The summed E-state index contributed by atoms with van der Waals surface area (Å²) in [4.78, 5) is 120. The number of rotatable bonds is 42. The Kier molecular flexibility index (Phi) is 33.7. The molecule has 36 nitrogen and oxygen atoms in total. The van der Waals surface area contributed by atoms with Gasteiger partial charge in [-0.25, -0.2) is 14.3 Å². The molecule has 11 saturated heterocycles. The number of aliphatic hydroxyl groups excluding tert-OH is 1. The molecule has 21 atom stereocenters. The van der Waals surface area contributed by atoms with E-state index < -0.39 is 108 Å². The lowest BCUT2D eigenvalue weighted by Gasteiger charge is -2.47. The molecule has 36 heteroatoms. The number of esters is 1. The third kappa shape index (κ3) is 25.6. The number of aromatic nitrogens is 3. The van der Waals surface area contributed by atoms with Crippen LogP contribution < -0.4 is 27.0 Å². The van der Waals surface area contributed by atoms with Gasteiger partial charge in [0.15, 0.2) is 5.79 Å². The number of carbonyl (C=O) groups is 9. The van der Waals surface area contributed by atoms with Gasteiger partial charge in [-0.05, 0) is 105 Å². The highest BCUT2D eigenvalue weighted by Crippen LogP contribution is 2.55. The van der Waals surface area contributed by atoms with Gasteiger partial charge in [-0.15, -0.1) is 10.2 Å². The van der Waals surface area contributed by atoms with Crippen molar-refractivity contribution in [2.45, 2.75) is 291 Å². The summed E-state index contributed by atoms with van der Waals surface area (Å²) in [6, 6.07) is 3.72. The van der Waals surface area contributed by atoms with Crippen LogP contribution in [0.5, 0.6) is 0 Å². The number of primary amides is 1. The molecule has 119 heavy (non-hydrogen) atoms. The van der Waals surface area contributed by atoms with E-state index >= 15 is 0 Å². The third-order valence-corrected chi connectivity index (χ3v) is 23.8. The normalized spacial score (nSPS) is 30.5. The molecule has 13 rings (SSSR count). The van der Waals surface area contributed by atoms with E-state index in [-0.39, 0.29) is 209 Å². The molecule has 0 aliphatic carbocycles. The zero-order valence-electron chi connectivity index (χ0n) is 68.8. The van der Waals surface area contributed by atoms with Gasteiger partial charge in [-0.3, -0.25) is 33.6 Å². The maximum atomic E-state index is 14.6. The Morgan fingerprint density at radius 3 is 2.07 bits per heavy atom. The first-order valence-corrected chi connectivity index (χ1v) is 42.4. The summed E-state index contributed by atoms with van der Waals surface area (Å²) in [7, 11) is 1.60. The fourth-order valence-electron chi connectivity index (χ4n) is 17.5. The first-order chi connectivity index (χ1) is 57.4. The number of nitrogens with one attached hydrogen (secondary N) is 4. The minimum absolute atomic E-state index is 0.00171. The molecule has 1 aromatic heterocycles. The van der Waals surface area contributed by atoms with Crippen molar-refractivity contribution in [2.75, 3.05) is 91.6 Å². The quantitative estimate of drug-likeness (QED) is 0.0233. The minimum Gasteiger partial charge on any atom is -0.461 e. The van der Waals surface area contributed by atoms with Gasteiger partial charge in [-0.2, -0.15) is 0 Å². The fourth-order valence-corrected chi connectivity index (χ4v) is 17.5. The highest BCUT2D eigenvalue weighted by Gasteiger charge is 2.69. The molecule has 11 fully saturated rings. The van der Waals surface area contributed by atoms with Crippen LogP contribution in [0.25, 0.3) is 0 Å². The summed E-state index contributed by atoms with van der Waals surface area (Å²) in [6.45, 7) is 18.0. The number of hydrogen-bond acceptors (Lipinski definition) is 29. The minimum atomic E-state index is -1.10. The van der Waals surface area contributed by atoms with Crippen molar-refractivity contribution in [3.63, 3.8) is 0 Å². The molecule has 7 N–H and O–H groups in total. The number of aliphatic hydroxyl groups is 1. The smallest absolute Gasteiger partial charge is 0.335 e. The van der Waals surface area contributed by atoms with E-state index in [1.165, 1.54) is 0 Å². The molecular formula is C83H121N9O27. The molecular weight excluding hydrogens is 1550 g/mol. The highest BCUT2D eigenvalue weighted by atomic mass is 16.8. The van der Waals surface area contributed by atoms with Crippen LogP contribution >= 0.6 is 0 Å². The maximum absolute atomic E-state index is 14.6. The van der Waals surface area contributed by atoms with Crippen LogP contribution in [-0.4, -0.2) is 280 Å². The number of carbonyl (C=O) groups excluding carboxylic acids is 9. The van der Waals surface area contributed by atoms with Crippen LogP contribution in [0, 0.1) is 17.8 Å². The van der Waals surface area contributed by atoms with Crippen molar-refractivity contribution in [3.05, 3.63) is 66.0 Å². The number of anilines is 1. The molecule has 5 unspecified atom stereocenters. The van der Waals surface area contributed by atoms with Crippen LogP contribution in [0.4, 0.5) is 10.5 Å². The second kappa shape index (κ2) is 44.1. The predicted octanol–water partition coefficient (Wildman–Crippen LogP) is 4.29. The number of imide groups is 1. The maximum Gasteiger partial charge on any atom is 0.335 e. The van der Waals surface area contributed by atoms with Crippen molar-refractivity contribution in [2.24, 2.45) is 23.5 Å². The fraction of sp³-hybridized carbons (Fsp3) is 0.747. The Bertz CT molecular complexity index is 3740. The number of hydroxylamine groups is 2. The highest BCUT2D eigenvalue weighted by molar-refractivity contribution is 6.01. The molecule has 1 spiro atoms. The number of fused-ring (bicyclic) bond motifs is 6. The molecule has 12 heterocycles. The zero-order valence-corrected chi connectivity index (χ0v) is 68.8. The Labute approximate surface area is 693 Å². The molecule has 2 aromatic rings. The first kappa shape index (κ1) is 90.9. The number of nitrogens with zero attached hydrogens (tertiary/aromatic N) is 4. The topological polar surface area (TPSA) is 439 Å². The number of Topliss-reactive ketones (excluding diaryl/α,β-unsaturated/α-hetero) is 1. The Morgan fingerprint density at radius 2 is 1.34 bits per heavy atom. The van der Waals surface area contributed by atoms with Crippen LogP contribution in [0.15, 0.2) is 54.8 Å². The average molecular weight is 1680 g/mol. The SMILES string of the molecule is C=C1C[C@@H]2CC[C@@]34C[C@H]5O[C@H]6[C@@H](O3)[C@H]3O[C@H](CC[C@@H]3O[C@H]6C5O4)CC(=O)CC3C(CC4O[C@@H](CCC1O2)C[C@@H](C)C4=C)O[C@H](C[C@H](O)CCC(=O)OCc1ccc(NC(=O)[C@H](CCCNC(N)=O)NC(=O)[C@@H](NC(=O)CCOCCOCCOCCn2cc(COCCOCCOCCC(=O)ON4C(=O)CCC4=O)nn2)C(C)C)cc1)[C@@H]3OC. The second-order valence-electron chi connectivity index (χ2n) is 33.0. The van der Waals surface area contributed by atoms with Gasteiger partial charge in [0.2, 0.25) is 17.7 Å². The summed E-state index contributed by atoms with van der Waals surface area (Å²) >= 11 is 0. The Balaban J connectivity index is 0.534. The molecule has 0 radical (unpaired) electrons. The van der Waals surface area contributed by atoms with Gasteiger partial charge in [-0.1, -0.05) is 51.3 Å². The van der Waals surface area contributed by atoms with E-state index in [1.807, 2.05) is 0 Å². The van der Waals surface area contributed by atoms with E-state index in [2.05, 4.69) is 51.7 Å². The van der Waals surface area contributed by atoms with E-state index in [1.54, 1.807) is 56.1 Å². The summed E-state index contributed by atoms with van der Waals surface area (Å²) in [5, 5.41) is 31.2. The molecule has 660 valence electrons. The number of urea groups is 1. The lowest BCUT2D eigenvalue weighted by atomic mass is 9.81. The summed E-state index contributed by atoms with van der Waals surface area (Å²) in [6.07, 6.45) is 3.40. The number of amides is 7. The van der Waals surface area contributed by atoms with Crippen LogP contribution in [-0.2, 0) is 139 Å². The Morgan fingerprint density at radius 1 is 0.664 bits per heavy atom. The Hall–Kier alpha value is -7.37. The number of benzene rings is 1. The number of nitrogens with two attached hydrogens (primary N) is 1.